The van der Waals surface area contributed by atoms with Crippen molar-refractivity contribution < 1.29 is 38.8 Å². The van der Waals surface area contributed by atoms with Gasteiger partial charge >= 0.3 is 11.9 Å². The summed E-state index contributed by atoms with van der Waals surface area (Å²) in [5.74, 6) is -3.66. The third kappa shape index (κ3) is 4.66. The average molecular weight is 559 g/mol. The molecule has 1 saturated heterocycles. The minimum Gasteiger partial charge on any atom is -0.479 e. The van der Waals surface area contributed by atoms with Gasteiger partial charge in [0.1, 0.15) is 41.7 Å². The zero-order chi connectivity index (χ0) is 27.0. The van der Waals surface area contributed by atoms with Crippen LogP contribution in [0.1, 0.15) is 5.69 Å². The van der Waals surface area contributed by atoms with Crippen LogP contribution in [0.4, 0.5) is 5.13 Å². The lowest BCUT2D eigenvalue weighted by Crippen LogP contribution is -2.71. The van der Waals surface area contributed by atoms with Gasteiger partial charge in [-0.1, -0.05) is 11.2 Å². The van der Waals surface area contributed by atoms with Crippen molar-refractivity contribution in [1.82, 2.24) is 19.6 Å². The van der Waals surface area contributed by atoms with Crippen molar-refractivity contribution in [3.8, 4) is 0 Å². The van der Waals surface area contributed by atoms with E-state index in [2.05, 4.69) is 15.5 Å². The molecule has 16 heteroatoms. The number of aromatic nitrogens is 3. The number of pyridine rings is 1. The van der Waals surface area contributed by atoms with Crippen LogP contribution >= 0.6 is 23.1 Å². The van der Waals surface area contributed by atoms with Gasteiger partial charge in [0, 0.05) is 22.8 Å². The Morgan fingerprint density at radius 1 is 1.29 bits per heavy atom. The number of rotatable bonds is 9. The van der Waals surface area contributed by atoms with Gasteiger partial charge < -0.3 is 26.1 Å². The molecule has 2 amide bonds. The highest BCUT2D eigenvalue weighted by Crippen LogP contribution is 2.40. The molecule has 0 bridgehead atoms. The Labute approximate surface area is 222 Å². The van der Waals surface area contributed by atoms with E-state index in [0.717, 1.165) is 17.0 Å². The molecular weight excluding hydrogens is 538 g/mol. The molecule has 0 saturated carbocycles. The summed E-state index contributed by atoms with van der Waals surface area (Å²) < 4.78 is 3.79. The SMILES string of the molecule is Nc1nc(/C(=N/OCC(=O)O)C(=O)N[C@@H]2C(=O)N3C(C(=O)O)=C(C[n+]4ccn5ccccc54)CS[C@H]23)cs1. The third-order valence-electron chi connectivity index (χ3n) is 5.79. The van der Waals surface area contributed by atoms with Crippen LogP contribution in [-0.2, 0) is 30.6 Å². The summed E-state index contributed by atoms with van der Waals surface area (Å²) >= 11 is 2.36. The molecular formula is C22H20N7O7S2+. The van der Waals surface area contributed by atoms with Crippen LogP contribution in [-0.4, -0.2) is 77.7 Å². The van der Waals surface area contributed by atoms with Gasteiger partial charge in [-0.25, -0.2) is 23.5 Å². The second-order valence-corrected chi connectivity index (χ2v) is 10.2. The first-order chi connectivity index (χ1) is 18.2. The fourth-order valence-electron chi connectivity index (χ4n) is 4.15. The Hall–Kier alpha value is -4.44. The molecule has 1 fully saturated rings. The predicted octanol–water partition coefficient (Wildman–Crippen LogP) is -0.490. The number of amides is 2. The number of nitrogen functional groups attached to an aromatic ring is 1. The number of anilines is 1. The van der Waals surface area contributed by atoms with Crippen LogP contribution in [0.3, 0.4) is 0 Å². The molecule has 0 unspecified atom stereocenters. The normalized spacial score (nSPS) is 19.2. The highest BCUT2D eigenvalue weighted by atomic mass is 32.2. The van der Waals surface area contributed by atoms with Crippen LogP contribution in [0.2, 0.25) is 0 Å². The van der Waals surface area contributed by atoms with Gasteiger partial charge in [-0.05, 0) is 6.07 Å². The van der Waals surface area contributed by atoms with E-state index < -0.39 is 41.8 Å². The number of carbonyl (C=O) groups is 4. The molecule has 196 valence electrons. The Balaban J connectivity index is 1.36. The molecule has 5 N–H and O–H groups in total. The van der Waals surface area contributed by atoms with Crippen LogP contribution in [0.15, 0.2) is 58.6 Å². The van der Waals surface area contributed by atoms with Gasteiger partial charge in [0.25, 0.3) is 17.5 Å². The summed E-state index contributed by atoms with van der Waals surface area (Å²) in [6, 6.07) is 4.62. The zero-order valence-corrected chi connectivity index (χ0v) is 21.0. The van der Waals surface area contributed by atoms with Gasteiger partial charge in [0.05, 0.1) is 6.20 Å². The number of carbonyl (C=O) groups excluding carboxylic acids is 2. The number of aliphatic carboxylic acids is 2. The lowest BCUT2D eigenvalue weighted by Gasteiger charge is -2.49. The molecule has 0 aliphatic carbocycles. The Kier molecular flexibility index (Phi) is 6.73. The fraction of sp³-hybridized carbons (Fsp3) is 0.227. The molecule has 2 atom stereocenters. The maximum Gasteiger partial charge on any atom is 0.352 e. The summed E-state index contributed by atoms with van der Waals surface area (Å²) in [5.41, 5.74) is 6.62. The van der Waals surface area contributed by atoms with Crippen molar-refractivity contribution >= 4 is 63.3 Å². The number of nitrogens with zero attached hydrogens (tertiary/aromatic N) is 5. The van der Waals surface area contributed by atoms with Crippen molar-refractivity contribution in [2.45, 2.75) is 18.0 Å². The predicted molar refractivity (Wildman–Crippen MR) is 134 cm³/mol. The molecule has 14 nitrogen and oxygen atoms in total. The number of hydrogen-bond donors (Lipinski definition) is 4. The van der Waals surface area contributed by atoms with Gasteiger partial charge in [-0.15, -0.1) is 23.1 Å². The molecule has 0 radical (unpaired) electrons. The number of nitrogens with two attached hydrogens (primary N) is 1. The van der Waals surface area contributed by atoms with Crippen LogP contribution in [0.5, 0.6) is 0 Å². The van der Waals surface area contributed by atoms with E-state index in [9.17, 15) is 24.3 Å². The standard InChI is InChI=1S/C22H19N7O7S2/c23-22-24-12(10-38-22)15(26-36-8-14(30)31)18(32)25-16-19(33)29-17(21(34)35)11(9-37-20(16)29)7-28-6-5-27-4-2-1-3-13(27)28/h1-6,10,16,20H,7-9H2,(H4-,23,24,25,30,31,32,34,35)/p+1/b26-15-/t16-,20-/m1/s1. The number of thiazole rings is 1. The zero-order valence-electron chi connectivity index (χ0n) is 19.4. The Morgan fingerprint density at radius 3 is 2.82 bits per heavy atom. The number of carboxylic acids is 2. The molecule has 0 aromatic carbocycles. The van der Waals surface area contributed by atoms with E-state index in [-0.39, 0.29) is 28.8 Å². The van der Waals surface area contributed by atoms with Gasteiger partial charge in [0.15, 0.2) is 10.8 Å². The maximum absolute atomic E-state index is 13.1. The van der Waals surface area contributed by atoms with E-state index in [1.807, 2.05) is 45.8 Å². The highest BCUT2D eigenvalue weighted by molar-refractivity contribution is 8.00. The molecule has 0 spiro atoms. The van der Waals surface area contributed by atoms with Crippen LogP contribution in [0, 0.1) is 0 Å². The van der Waals surface area contributed by atoms with Crippen LogP contribution in [0.25, 0.3) is 5.65 Å². The summed E-state index contributed by atoms with van der Waals surface area (Å²) in [4.78, 5) is 58.9. The minimum absolute atomic E-state index is 0.0422. The lowest BCUT2D eigenvalue weighted by molar-refractivity contribution is -0.662. The summed E-state index contributed by atoms with van der Waals surface area (Å²) in [5, 5.41) is 25.8. The summed E-state index contributed by atoms with van der Waals surface area (Å²) in [7, 11) is 0. The number of carboxylic acid groups (broad SMARTS) is 2. The van der Waals surface area contributed by atoms with Gasteiger partial charge in [-0.3, -0.25) is 14.5 Å². The van der Waals surface area contributed by atoms with Crippen molar-refractivity contribution in [3.05, 3.63) is 59.1 Å². The summed E-state index contributed by atoms with van der Waals surface area (Å²) in [6.07, 6.45) is 5.56. The highest BCUT2D eigenvalue weighted by Gasteiger charge is 2.54. The third-order valence-corrected chi connectivity index (χ3v) is 7.80. The number of thioether (sulfide) groups is 1. The van der Waals surface area contributed by atoms with E-state index in [0.29, 0.717) is 11.3 Å². The van der Waals surface area contributed by atoms with Crippen LogP contribution < -0.4 is 15.6 Å². The number of fused-ring (bicyclic) bond motifs is 2. The largest absolute Gasteiger partial charge is 0.479 e. The second-order valence-electron chi connectivity index (χ2n) is 8.19. The number of oxime groups is 1. The summed E-state index contributed by atoms with van der Waals surface area (Å²) in [6.45, 7) is -0.526. The molecule has 3 aromatic rings. The Bertz CT molecular complexity index is 1530. The molecule has 38 heavy (non-hydrogen) atoms. The quantitative estimate of drug-likeness (QED) is 0.115. The van der Waals surface area contributed by atoms with E-state index in [1.165, 1.54) is 22.0 Å². The van der Waals surface area contributed by atoms with Crippen molar-refractivity contribution in [2.24, 2.45) is 5.16 Å². The first-order valence-electron chi connectivity index (χ1n) is 11.0. The molecule has 5 rings (SSSR count). The van der Waals surface area contributed by atoms with E-state index >= 15 is 0 Å². The number of nitrogens with one attached hydrogen (secondary N) is 1. The average Bonchev–Trinajstić information content (AvgIpc) is 3.50. The maximum atomic E-state index is 13.1. The van der Waals surface area contributed by atoms with E-state index in [1.54, 1.807) is 0 Å². The number of imidazole rings is 1. The minimum atomic E-state index is -1.30. The topological polar surface area (TPSA) is 193 Å². The monoisotopic (exact) mass is 558 g/mol. The van der Waals surface area contributed by atoms with E-state index in [4.69, 9.17) is 15.7 Å². The number of β-lactam (4-membered cyclic amide) rings is 1. The lowest BCUT2D eigenvalue weighted by atomic mass is 10.0. The number of hydrogen-bond acceptors (Lipinski definition) is 10. The van der Waals surface area contributed by atoms with Crippen molar-refractivity contribution in [2.75, 3.05) is 18.1 Å². The Morgan fingerprint density at radius 2 is 2.11 bits per heavy atom. The van der Waals surface area contributed by atoms with Gasteiger partial charge in [-0.2, -0.15) is 0 Å². The molecule has 5 heterocycles. The second kappa shape index (κ2) is 10.1. The fourth-order valence-corrected chi connectivity index (χ4v) is 6.03. The smallest absolute Gasteiger partial charge is 0.352 e. The van der Waals surface area contributed by atoms with Gasteiger partial charge in [0.2, 0.25) is 6.61 Å². The van der Waals surface area contributed by atoms with Crippen molar-refractivity contribution in [1.29, 1.82) is 0 Å². The first kappa shape index (κ1) is 25.2. The molecule has 3 aromatic heterocycles. The van der Waals surface area contributed by atoms with Crippen molar-refractivity contribution in [3.63, 3.8) is 0 Å². The first-order valence-corrected chi connectivity index (χ1v) is 13.0. The molecule has 2 aliphatic rings. The molecule has 2 aliphatic heterocycles.